The van der Waals surface area contributed by atoms with Gasteiger partial charge in [-0.25, -0.2) is 0 Å². The maximum Gasteiger partial charge on any atom is 0.258 e. The summed E-state index contributed by atoms with van der Waals surface area (Å²) in [6.07, 6.45) is 0.244. The SMILES string of the molecule is N#CCC(N)c1cc(=O)[nH]s1. The number of H-pyrrole nitrogens is 1. The van der Waals surface area contributed by atoms with Crippen LogP contribution in [0.3, 0.4) is 0 Å². The van der Waals surface area contributed by atoms with Crippen molar-refractivity contribution in [3.8, 4) is 6.07 Å². The smallest absolute Gasteiger partial charge is 0.258 e. The summed E-state index contributed by atoms with van der Waals surface area (Å²) in [6, 6.07) is 3.03. The largest absolute Gasteiger partial charge is 0.322 e. The number of nitrogens with one attached hydrogen (secondary N) is 1. The predicted octanol–water partition coefficient (Wildman–Crippen LogP) is 0.350. The van der Waals surface area contributed by atoms with Crippen LogP contribution in [0.2, 0.25) is 0 Å². The first kappa shape index (κ1) is 7.98. The molecule has 0 fully saturated rings. The molecule has 1 rings (SSSR count). The molecule has 0 saturated heterocycles. The fourth-order valence-electron chi connectivity index (χ4n) is 0.679. The third-order valence-electron chi connectivity index (χ3n) is 1.22. The Morgan fingerprint density at radius 1 is 1.91 bits per heavy atom. The van der Waals surface area contributed by atoms with Crippen molar-refractivity contribution in [2.24, 2.45) is 5.73 Å². The molecule has 11 heavy (non-hydrogen) atoms. The van der Waals surface area contributed by atoms with Crippen LogP contribution in [0.5, 0.6) is 0 Å². The van der Waals surface area contributed by atoms with Crippen molar-refractivity contribution >= 4 is 11.5 Å². The molecule has 0 aromatic carbocycles. The molecule has 0 bridgehead atoms. The van der Waals surface area contributed by atoms with Gasteiger partial charge in [0.15, 0.2) is 0 Å². The van der Waals surface area contributed by atoms with Crippen LogP contribution in [0.15, 0.2) is 10.9 Å². The first-order valence-corrected chi connectivity index (χ1v) is 3.86. The van der Waals surface area contributed by atoms with Gasteiger partial charge < -0.3 is 5.73 Å². The summed E-state index contributed by atoms with van der Waals surface area (Å²) >= 11 is 1.18. The Morgan fingerprint density at radius 2 is 2.64 bits per heavy atom. The predicted molar refractivity (Wildman–Crippen MR) is 42.1 cm³/mol. The minimum Gasteiger partial charge on any atom is -0.322 e. The van der Waals surface area contributed by atoms with E-state index < -0.39 is 0 Å². The fourth-order valence-corrected chi connectivity index (χ4v) is 1.36. The van der Waals surface area contributed by atoms with Crippen molar-refractivity contribution in [3.63, 3.8) is 0 Å². The summed E-state index contributed by atoms with van der Waals surface area (Å²) in [6.45, 7) is 0. The van der Waals surface area contributed by atoms with Gasteiger partial charge in [0.05, 0.1) is 18.5 Å². The molecule has 58 valence electrons. The summed E-state index contributed by atoms with van der Waals surface area (Å²) in [5.41, 5.74) is 5.39. The Kier molecular flexibility index (Phi) is 2.41. The van der Waals surface area contributed by atoms with Gasteiger partial charge in [-0.05, 0) is 0 Å². The summed E-state index contributed by atoms with van der Waals surface area (Å²) in [7, 11) is 0. The molecule has 3 N–H and O–H groups in total. The lowest BCUT2D eigenvalue weighted by atomic mass is 10.2. The molecule has 0 spiro atoms. The Hall–Kier alpha value is -1.12. The highest BCUT2D eigenvalue weighted by atomic mass is 32.1. The molecule has 1 aromatic heterocycles. The molecular weight excluding hydrogens is 162 g/mol. The second-order valence-electron chi connectivity index (χ2n) is 2.08. The zero-order valence-corrected chi connectivity index (χ0v) is 6.52. The molecule has 1 unspecified atom stereocenters. The Labute approximate surface area is 67.4 Å². The number of hydrogen-bond donors (Lipinski definition) is 2. The van der Waals surface area contributed by atoms with E-state index in [1.165, 1.54) is 17.6 Å². The van der Waals surface area contributed by atoms with Crippen LogP contribution in [0.1, 0.15) is 17.3 Å². The normalized spacial score (nSPS) is 12.4. The molecule has 1 heterocycles. The van der Waals surface area contributed by atoms with Crippen molar-refractivity contribution in [3.05, 3.63) is 21.3 Å². The average molecular weight is 169 g/mol. The van der Waals surface area contributed by atoms with E-state index in [9.17, 15) is 4.79 Å². The number of aromatic amines is 1. The Morgan fingerprint density at radius 3 is 3.09 bits per heavy atom. The highest BCUT2D eigenvalue weighted by Gasteiger charge is 2.07. The van der Waals surface area contributed by atoms with E-state index in [-0.39, 0.29) is 18.0 Å². The molecule has 1 aromatic rings. The van der Waals surface area contributed by atoms with Gasteiger partial charge in [0.1, 0.15) is 0 Å². The minimum atomic E-state index is -0.330. The Balaban J connectivity index is 2.78. The molecule has 0 aliphatic carbocycles. The first-order valence-electron chi connectivity index (χ1n) is 3.05. The maximum absolute atomic E-state index is 10.6. The van der Waals surface area contributed by atoms with Crippen LogP contribution in [-0.4, -0.2) is 4.37 Å². The standard InChI is InChI=1S/C6H7N3OS/c7-2-1-4(8)5-3-6(10)9-11-5/h3-4H,1,8H2,(H,9,10). The van der Waals surface area contributed by atoms with Crippen molar-refractivity contribution in [1.82, 2.24) is 4.37 Å². The molecule has 0 amide bonds. The van der Waals surface area contributed by atoms with Gasteiger partial charge >= 0.3 is 0 Å². The topological polar surface area (TPSA) is 82.7 Å². The lowest BCUT2D eigenvalue weighted by molar-refractivity contribution is 0.764. The van der Waals surface area contributed by atoms with E-state index in [0.717, 1.165) is 4.88 Å². The summed E-state index contributed by atoms with van der Waals surface area (Å²) in [5.74, 6) is 0. The third-order valence-corrected chi connectivity index (χ3v) is 2.18. The average Bonchev–Trinajstić information content (AvgIpc) is 2.36. The molecule has 1 atom stereocenters. The van der Waals surface area contributed by atoms with Crippen LogP contribution in [-0.2, 0) is 0 Å². The lowest BCUT2D eigenvalue weighted by Crippen LogP contribution is -2.07. The van der Waals surface area contributed by atoms with Gasteiger partial charge in [0, 0.05) is 10.9 Å². The van der Waals surface area contributed by atoms with Crippen LogP contribution in [0.4, 0.5) is 0 Å². The van der Waals surface area contributed by atoms with Crippen molar-refractivity contribution in [2.45, 2.75) is 12.5 Å². The molecule has 5 heteroatoms. The number of nitrogens with two attached hydrogens (primary N) is 1. The van der Waals surface area contributed by atoms with Crippen molar-refractivity contribution < 1.29 is 0 Å². The first-order chi connectivity index (χ1) is 5.24. The molecule has 0 aliphatic heterocycles. The number of nitriles is 1. The van der Waals surface area contributed by atoms with Gasteiger partial charge in [-0.3, -0.25) is 9.17 Å². The zero-order valence-electron chi connectivity index (χ0n) is 5.70. The molecular formula is C6H7N3OS. The van der Waals surface area contributed by atoms with Crippen LogP contribution in [0, 0.1) is 11.3 Å². The second-order valence-corrected chi connectivity index (χ2v) is 2.96. The summed E-state index contributed by atoms with van der Waals surface area (Å²) < 4.78 is 2.50. The second kappa shape index (κ2) is 3.32. The number of hydrogen-bond acceptors (Lipinski definition) is 4. The lowest BCUT2D eigenvalue weighted by Gasteiger charge is -1.99. The monoisotopic (exact) mass is 169 g/mol. The minimum absolute atomic E-state index is 0.154. The zero-order chi connectivity index (χ0) is 8.27. The van der Waals surface area contributed by atoms with Gasteiger partial charge in [-0.2, -0.15) is 5.26 Å². The molecule has 4 nitrogen and oxygen atoms in total. The van der Waals surface area contributed by atoms with E-state index in [2.05, 4.69) is 4.37 Å². The Bertz CT molecular complexity index is 321. The molecule has 0 aliphatic rings. The fraction of sp³-hybridized carbons (Fsp3) is 0.333. The molecule has 0 radical (unpaired) electrons. The van der Waals surface area contributed by atoms with E-state index in [1.54, 1.807) is 0 Å². The van der Waals surface area contributed by atoms with Crippen LogP contribution >= 0.6 is 11.5 Å². The van der Waals surface area contributed by atoms with Gasteiger partial charge in [0.25, 0.3) is 5.56 Å². The quantitative estimate of drug-likeness (QED) is 0.670. The van der Waals surface area contributed by atoms with Crippen molar-refractivity contribution in [1.29, 1.82) is 5.26 Å². The van der Waals surface area contributed by atoms with Crippen LogP contribution < -0.4 is 11.3 Å². The van der Waals surface area contributed by atoms with Gasteiger partial charge in [-0.15, -0.1) is 0 Å². The van der Waals surface area contributed by atoms with E-state index in [1.807, 2.05) is 6.07 Å². The summed E-state index contributed by atoms with van der Waals surface area (Å²) in [4.78, 5) is 11.3. The summed E-state index contributed by atoms with van der Waals surface area (Å²) in [5, 5.41) is 8.29. The highest BCUT2D eigenvalue weighted by Crippen LogP contribution is 2.13. The maximum atomic E-state index is 10.6. The van der Waals surface area contributed by atoms with Gasteiger partial charge in [-0.1, -0.05) is 11.5 Å². The highest BCUT2D eigenvalue weighted by molar-refractivity contribution is 7.05. The van der Waals surface area contributed by atoms with Crippen LogP contribution in [0.25, 0.3) is 0 Å². The molecule has 0 saturated carbocycles. The third kappa shape index (κ3) is 1.90. The number of nitrogens with zero attached hydrogens (tertiary/aromatic N) is 1. The van der Waals surface area contributed by atoms with E-state index >= 15 is 0 Å². The van der Waals surface area contributed by atoms with Gasteiger partial charge in [0.2, 0.25) is 0 Å². The number of aromatic nitrogens is 1. The van der Waals surface area contributed by atoms with E-state index in [4.69, 9.17) is 11.0 Å². The van der Waals surface area contributed by atoms with E-state index in [0.29, 0.717) is 0 Å². The number of rotatable bonds is 2. The van der Waals surface area contributed by atoms with Crippen molar-refractivity contribution in [2.75, 3.05) is 0 Å².